The van der Waals surface area contributed by atoms with E-state index in [1.54, 1.807) is 24.4 Å². The number of carbonyl (C=O) groups is 1. The molecule has 0 aliphatic heterocycles. The fraction of sp³-hybridized carbons (Fsp3) is 0.200. The Morgan fingerprint density at radius 1 is 0.972 bits per heavy atom. The van der Waals surface area contributed by atoms with Crippen LogP contribution in [-0.2, 0) is 30.3 Å². The van der Waals surface area contributed by atoms with Gasteiger partial charge in [-0.2, -0.15) is 26.3 Å². The molecule has 4 rings (SSSR count). The number of aliphatic carboxylic acids is 1. The molecule has 0 amide bonds. The van der Waals surface area contributed by atoms with Crippen molar-refractivity contribution in [3.63, 3.8) is 0 Å². The topological polar surface area (TPSA) is 64.4 Å². The highest BCUT2D eigenvalue weighted by atomic mass is 19.4. The van der Waals surface area contributed by atoms with E-state index in [1.807, 2.05) is 0 Å². The molecule has 1 N–H and O–H groups in total. The molecule has 4 aromatic rings. The van der Waals surface area contributed by atoms with Gasteiger partial charge in [0.2, 0.25) is 0 Å². The summed E-state index contributed by atoms with van der Waals surface area (Å²) in [4.78, 5) is 15.2. The highest BCUT2D eigenvalue weighted by Crippen LogP contribution is 2.37. The van der Waals surface area contributed by atoms with Gasteiger partial charge in [0.05, 0.1) is 22.3 Å². The number of carboxylic acid groups (broad SMARTS) is 1. The lowest BCUT2D eigenvalue weighted by atomic mass is 10.0. The van der Waals surface area contributed by atoms with Crippen LogP contribution in [0.2, 0.25) is 0 Å². The Labute approximate surface area is 200 Å². The lowest BCUT2D eigenvalue weighted by Crippen LogP contribution is -2.14. The number of aromatic nitrogens is 2. The quantitative estimate of drug-likeness (QED) is 0.294. The SMILES string of the molecule is Cc1nc(-c2ccc(C(F)(F)F)cc2)cc(C(F)(F)F)c1COc1ccc2ccn(CC(=O)O)c2c1. The number of hydrogen-bond donors (Lipinski definition) is 1. The number of carboxylic acids is 1. The van der Waals surface area contributed by atoms with Crippen LogP contribution in [0.15, 0.2) is 60.8 Å². The first-order valence-corrected chi connectivity index (χ1v) is 10.5. The average Bonchev–Trinajstić information content (AvgIpc) is 3.18. The van der Waals surface area contributed by atoms with Crippen LogP contribution in [0, 0.1) is 6.92 Å². The van der Waals surface area contributed by atoms with Gasteiger partial charge >= 0.3 is 18.3 Å². The standard InChI is InChI=1S/C25H18F6N2O3/c1-14-19(13-36-18-7-4-16-8-9-33(12-23(34)35)22(16)10-18)20(25(29,30)31)11-21(32-14)15-2-5-17(6-3-15)24(26,27)28/h2-11H,12-13H2,1H3,(H,34,35). The van der Waals surface area contributed by atoms with Crippen molar-refractivity contribution in [3.8, 4) is 17.0 Å². The Kier molecular flexibility index (Phi) is 6.42. The molecule has 188 valence electrons. The second-order valence-electron chi connectivity index (χ2n) is 8.04. The summed E-state index contributed by atoms with van der Waals surface area (Å²) in [6.45, 7) is 0.592. The van der Waals surface area contributed by atoms with Crippen molar-refractivity contribution >= 4 is 16.9 Å². The molecule has 2 aromatic heterocycles. The molecule has 0 aliphatic rings. The largest absolute Gasteiger partial charge is 0.489 e. The first kappa shape index (κ1) is 25.1. The zero-order valence-electron chi connectivity index (χ0n) is 18.6. The number of benzene rings is 2. The molecule has 0 aliphatic carbocycles. The van der Waals surface area contributed by atoms with E-state index in [4.69, 9.17) is 9.84 Å². The van der Waals surface area contributed by atoms with Crippen LogP contribution in [0.1, 0.15) is 22.4 Å². The average molecular weight is 508 g/mol. The smallest absolute Gasteiger partial charge is 0.416 e. The third kappa shape index (κ3) is 5.29. The van der Waals surface area contributed by atoms with Gasteiger partial charge in [-0.1, -0.05) is 12.1 Å². The van der Waals surface area contributed by atoms with Crippen molar-refractivity contribution in [2.24, 2.45) is 0 Å². The number of fused-ring (bicyclic) bond motifs is 1. The van der Waals surface area contributed by atoms with Crippen LogP contribution in [0.25, 0.3) is 22.2 Å². The van der Waals surface area contributed by atoms with Crippen LogP contribution in [-0.4, -0.2) is 20.6 Å². The summed E-state index contributed by atoms with van der Waals surface area (Å²) >= 11 is 0. The Morgan fingerprint density at radius 2 is 1.67 bits per heavy atom. The van der Waals surface area contributed by atoms with Gasteiger partial charge in [0, 0.05) is 29.1 Å². The number of hydrogen-bond acceptors (Lipinski definition) is 3. The van der Waals surface area contributed by atoms with Crippen LogP contribution >= 0.6 is 0 Å². The van der Waals surface area contributed by atoms with E-state index in [2.05, 4.69) is 4.98 Å². The lowest BCUT2D eigenvalue weighted by Gasteiger charge is -2.18. The predicted molar refractivity (Wildman–Crippen MR) is 118 cm³/mol. The maximum atomic E-state index is 13.9. The summed E-state index contributed by atoms with van der Waals surface area (Å²) in [5.41, 5.74) is -1.62. The molecule has 0 radical (unpaired) electrons. The summed E-state index contributed by atoms with van der Waals surface area (Å²) in [5, 5.41) is 9.78. The molecule has 0 saturated carbocycles. The number of halogens is 6. The molecule has 2 heterocycles. The van der Waals surface area contributed by atoms with Gasteiger partial charge in [-0.3, -0.25) is 9.78 Å². The number of alkyl halides is 6. The van der Waals surface area contributed by atoms with E-state index in [1.165, 1.54) is 17.6 Å². The highest BCUT2D eigenvalue weighted by Gasteiger charge is 2.35. The molecule has 0 unspecified atom stereocenters. The van der Waals surface area contributed by atoms with Gasteiger partial charge in [-0.05, 0) is 48.7 Å². The zero-order chi connectivity index (χ0) is 26.3. The van der Waals surface area contributed by atoms with E-state index in [9.17, 15) is 31.1 Å². The van der Waals surface area contributed by atoms with Crippen molar-refractivity contribution in [2.75, 3.05) is 0 Å². The second kappa shape index (κ2) is 9.21. The fourth-order valence-electron chi connectivity index (χ4n) is 3.80. The van der Waals surface area contributed by atoms with Crippen molar-refractivity contribution in [1.29, 1.82) is 0 Å². The molecule has 0 atom stereocenters. The number of pyridine rings is 1. The van der Waals surface area contributed by atoms with Crippen LogP contribution in [0.4, 0.5) is 26.3 Å². The van der Waals surface area contributed by atoms with Gasteiger partial charge < -0.3 is 14.4 Å². The minimum Gasteiger partial charge on any atom is -0.489 e. The Hall–Kier alpha value is -4.02. The molecule has 0 spiro atoms. The minimum atomic E-state index is -4.77. The summed E-state index contributed by atoms with van der Waals surface area (Å²) in [6.07, 6.45) is -7.76. The number of aryl methyl sites for hydroxylation is 1. The maximum absolute atomic E-state index is 13.9. The normalized spacial score (nSPS) is 12.2. The molecule has 5 nitrogen and oxygen atoms in total. The number of ether oxygens (including phenoxy) is 1. The third-order valence-electron chi connectivity index (χ3n) is 5.58. The molecular weight excluding hydrogens is 490 g/mol. The van der Waals surface area contributed by atoms with Crippen LogP contribution in [0.3, 0.4) is 0 Å². The van der Waals surface area contributed by atoms with Crippen molar-refractivity contribution in [2.45, 2.75) is 32.4 Å². The second-order valence-corrected chi connectivity index (χ2v) is 8.04. The van der Waals surface area contributed by atoms with E-state index in [0.717, 1.165) is 35.7 Å². The molecule has 2 aromatic carbocycles. The van der Waals surface area contributed by atoms with Crippen molar-refractivity contribution < 1.29 is 41.0 Å². The molecular formula is C25H18F6N2O3. The lowest BCUT2D eigenvalue weighted by molar-refractivity contribution is -0.139. The first-order chi connectivity index (χ1) is 16.8. The van der Waals surface area contributed by atoms with Gasteiger partial charge in [-0.15, -0.1) is 0 Å². The Morgan fingerprint density at radius 3 is 2.28 bits per heavy atom. The summed E-state index contributed by atoms with van der Waals surface area (Å²) < 4.78 is 87.3. The predicted octanol–water partition coefficient (Wildman–Crippen LogP) is 6.71. The monoisotopic (exact) mass is 508 g/mol. The molecule has 11 heteroatoms. The van der Waals surface area contributed by atoms with Crippen LogP contribution < -0.4 is 4.74 Å². The number of nitrogens with zero attached hydrogens (tertiary/aromatic N) is 2. The Bertz CT molecular complexity index is 1420. The maximum Gasteiger partial charge on any atom is 0.416 e. The van der Waals surface area contributed by atoms with Crippen LogP contribution in [0.5, 0.6) is 5.75 Å². The summed E-state index contributed by atoms with van der Waals surface area (Å²) in [6, 6.07) is 11.0. The van der Waals surface area contributed by atoms with E-state index in [0.29, 0.717) is 5.52 Å². The minimum absolute atomic E-state index is 0.00931. The number of rotatable bonds is 6. The van der Waals surface area contributed by atoms with Crippen molar-refractivity contribution in [3.05, 3.63) is 83.2 Å². The third-order valence-corrected chi connectivity index (χ3v) is 5.58. The van der Waals surface area contributed by atoms with E-state index >= 15 is 0 Å². The van der Waals surface area contributed by atoms with Gasteiger partial charge in [-0.25, -0.2) is 0 Å². The first-order valence-electron chi connectivity index (χ1n) is 10.5. The Balaban J connectivity index is 1.65. The van der Waals surface area contributed by atoms with Gasteiger partial charge in [0.15, 0.2) is 0 Å². The van der Waals surface area contributed by atoms with Gasteiger partial charge in [0.1, 0.15) is 18.9 Å². The highest BCUT2D eigenvalue weighted by molar-refractivity contribution is 5.83. The molecule has 0 fully saturated rings. The molecule has 0 saturated heterocycles. The van der Waals surface area contributed by atoms with Crippen molar-refractivity contribution in [1.82, 2.24) is 9.55 Å². The van der Waals surface area contributed by atoms with Gasteiger partial charge in [0.25, 0.3) is 0 Å². The van der Waals surface area contributed by atoms with E-state index in [-0.39, 0.29) is 34.8 Å². The zero-order valence-corrected chi connectivity index (χ0v) is 18.6. The molecule has 36 heavy (non-hydrogen) atoms. The summed E-state index contributed by atoms with van der Waals surface area (Å²) in [7, 11) is 0. The summed E-state index contributed by atoms with van der Waals surface area (Å²) in [5.74, 6) is -0.823. The van der Waals surface area contributed by atoms with E-state index < -0.39 is 36.1 Å². The fourth-order valence-corrected chi connectivity index (χ4v) is 3.80. The molecule has 0 bridgehead atoms.